The van der Waals surface area contributed by atoms with Crippen molar-refractivity contribution in [2.75, 3.05) is 6.79 Å². The first kappa shape index (κ1) is 10.2. The van der Waals surface area contributed by atoms with Crippen molar-refractivity contribution in [3.05, 3.63) is 33.6 Å². The van der Waals surface area contributed by atoms with Gasteiger partial charge < -0.3 is 14.5 Å². The Labute approximate surface area is 98.2 Å². The van der Waals surface area contributed by atoms with Crippen molar-refractivity contribution in [1.82, 2.24) is 4.98 Å². The summed E-state index contributed by atoms with van der Waals surface area (Å²) in [6, 6.07) is 3.58. The molecule has 2 aromatic rings. The molecule has 2 heterocycles. The van der Waals surface area contributed by atoms with E-state index in [1.807, 2.05) is 19.9 Å². The lowest BCUT2D eigenvalue weighted by molar-refractivity contribution is 0.174. The van der Waals surface area contributed by atoms with Gasteiger partial charge in [-0.1, -0.05) is 6.92 Å². The minimum Gasteiger partial charge on any atom is -0.454 e. The van der Waals surface area contributed by atoms with Crippen LogP contribution in [0.15, 0.2) is 16.9 Å². The van der Waals surface area contributed by atoms with Gasteiger partial charge in [-0.2, -0.15) is 0 Å². The normalized spacial score (nSPS) is 13.3. The van der Waals surface area contributed by atoms with E-state index in [0.717, 1.165) is 23.2 Å². The third-order valence-electron chi connectivity index (χ3n) is 3.16. The molecule has 1 aliphatic heterocycles. The molecule has 0 saturated heterocycles. The molecule has 0 amide bonds. The number of nitrogens with one attached hydrogen (secondary N) is 1. The first-order valence-corrected chi connectivity index (χ1v) is 5.66. The Balaban J connectivity index is 2.40. The van der Waals surface area contributed by atoms with Gasteiger partial charge in [0.25, 0.3) is 0 Å². The summed E-state index contributed by atoms with van der Waals surface area (Å²) in [6.45, 7) is 4.13. The number of aromatic amines is 1. The van der Waals surface area contributed by atoms with Gasteiger partial charge in [-0.05, 0) is 19.4 Å². The number of aryl methyl sites for hydroxylation is 1. The van der Waals surface area contributed by atoms with Crippen LogP contribution in [0.3, 0.4) is 0 Å². The van der Waals surface area contributed by atoms with Crippen LogP contribution in [0, 0.1) is 6.92 Å². The van der Waals surface area contributed by atoms with Gasteiger partial charge in [0.2, 0.25) is 6.79 Å². The number of aromatic nitrogens is 1. The Kier molecular flexibility index (Phi) is 2.11. The van der Waals surface area contributed by atoms with Gasteiger partial charge in [0, 0.05) is 22.7 Å². The highest BCUT2D eigenvalue weighted by molar-refractivity contribution is 5.83. The van der Waals surface area contributed by atoms with Crippen molar-refractivity contribution in [3.8, 4) is 11.5 Å². The van der Waals surface area contributed by atoms with Crippen LogP contribution in [-0.2, 0) is 6.42 Å². The van der Waals surface area contributed by atoms with Gasteiger partial charge in [-0.3, -0.25) is 4.79 Å². The molecular weight excluding hydrogens is 218 g/mol. The average Bonchev–Trinajstić information content (AvgIpc) is 2.74. The summed E-state index contributed by atoms with van der Waals surface area (Å²) in [6.07, 6.45) is 0.728. The fourth-order valence-electron chi connectivity index (χ4n) is 2.27. The number of fused-ring (bicyclic) bond motifs is 2. The molecule has 0 unspecified atom stereocenters. The number of ether oxygens (including phenoxy) is 2. The molecule has 3 rings (SSSR count). The number of hydrogen-bond acceptors (Lipinski definition) is 3. The number of rotatable bonds is 1. The highest BCUT2D eigenvalue weighted by atomic mass is 16.7. The predicted octanol–water partition coefficient (Wildman–Crippen LogP) is 2.13. The van der Waals surface area contributed by atoms with Crippen molar-refractivity contribution >= 4 is 10.9 Å². The van der Waals surface area contributed by atoms with E-state index in [4.69, 9.17) is 9.47 Å². The van der Waals surface area contributed by atoms with E-state index in [2.05, 4.69) is 4.98 Å². The molecule has 0 radical (unpaired) electrons. The van der Waals surface area contributed by atoms with Gasteiger partial charge in [-0.15, -0.1) is 0 Å². The van der Waals surface area contributed by atoms with Gasteiger partial charge in [-0.25, -0.2) is 0 Å². The second kappa shape index (κ2) is 3.52. The van der Waals surface area contributed by atoms with E-state index >= 15 is 0 Å². The largest absolute Gasteiger partial charge is 0.454 e. The lowest BCUT2D eigenvalue weighted by Gasteiger charge is -2.06. The van der Waals surface area contributed by atoms with Crippen molar-refractivity contribution in [1.29, 1.82) is 0 Å². The summed E-state index contributed by atoms with van der Waals surface area (Å²) in [5, 5.41) is 0.664. The summed E-state index contributed by atoms with van der Waals surface area (Å²) in [4.78, 5) is 15.5. The van der Waals surface area contributed by atoms with Crippen LogP contribution in [0.2, 0.25) is 0 Å². The van der Waals surface area contributed by atoms with Crippen LogP contribution in [0.4, 0.5) is 0 Å². The Morgan fingerprint density at radius 3 is 2.71 bits per heavy atom. The van der Waals surface area contributed by atoms with E-state index in [-0.39, 0.29) is 12.2 Å². The van der Waals surface area contributed by atoms with E-state index in [1.54, 1.807) is 6.07 Å². The second-order valence-corrected chi connectivity index (χ2v) is 4.16. The molecular formula is C13H13NO3. The predicted molar refractivity (Wildman–Crippen MR) is 64.8 cm³/mol. The Morgan fingerprint density at radius 1 is 1.29 bits per heavy atom. The molecule has 4 nitrogen and oxygen atoms in total. The van der Waals surface area contributed by atoms with Gasteiger partial charge in [0.1, 0.15) is 0 Å². The smallest absolute Gasteiger partial charge is 0.231 e. The molecule has 88 valence electrons. The first-order valence-electron chi connectivity index (χ1n) is 5.66. The van der Waals surface area contributed by atoms with Crippen molar-refractivity contribution in [2.24, 2.45) is 0 Å². The number of H-pyrrole nitrogens is 1. The van der Waals surface area contributed by atoms with Gasteiger partial charge >= 0.3 is 0 Å². The molecule has 1 aliphatic rings. The summed E-state index contributed by atoms with van der Waals surface area (Å²) < 4.78 is 10.6. The van der Waals surface area contributed by atoms with Crippen LogP contribution in [0.5, 0.6) is 11.5 Å². The molecule has 1 aromatic carbocycles. The van der Waals surface area contributed by atoms with Gasteiger partial charge in [0.15, 0.2) is 16.9 Å². The third kappa shape index (κ3) is 1.40. The summed E-state index contributed by atoms with van der Waals surface area (Å²) >= 11 is 0. The van der Waals surface area contributed by atoms with Crippen LogP contribution in [0.1, 0.15) is 18.2 Å². The monoisotopic (exact) mass is 231 g/mol. The van der Waals surface area contributed by atoms with Crippen molar-refractivity contribution < 1.29 is 9.47 Å². The van der Waals surface area contributed by atoms with Crippen LogP contribution in [-0.4, -0.2) is 11.8 Å². The fourth-order valence-corrected chi connectivity index (χ4v) is 2.27. The average molecular weight is 231 g/mol. The quantitative estimate of drug-likeness (QED) is 0.818. The molecule has 0 bridgehead atoms. The maximum atomic E-state index is 12.3. The SMILES string of the molecule is CCc1c(C)[nH]c2cc3c(cc2c1=O)OCO3. The summed E-state index contributed by atoms with van der Waals surface area (Å²) in [7, 11) is 0. The summed E-state index contributed by atoms with van der Waals surface area (Å²) in [5.74, 6) is 1.34. The molecule has 0 fully saturated rings. The maximum Gasteiger partial charge on any atom is 0.231 e. The number of benzene rings is 1. The van der Waals surface area contributed by atoms with Crippen LogP contribution < -0.4 is 14.9 Å². The van der Waals surface area contributed by atoms with Crippen LogP contribution in [0.25, 0.3) is 10.9 Å². The topological polar surface area (TPSA) is 51.3 Å². The molecule has 0 saturated carbocycles. The molecule has 0 aliphatic carbocycles. The highest BCUT2D eigenvalue weighted by Crippen LogP contribution is 2.34. The van der Waals surface area contributed by atoms with Gasteiger partial charge in [0.05, 0.1) is 5.52 Å². The Hall–Kier alpha value is -1.97. The molecule has 4 heteroatoms. The first-order chi connectivity index (χ1) is 8.20. The maximum absolute atomic E-state index is 12.3. The molecule has 0 atom stereocenters. The zero-order valence-corrected chi connectivity index (χ0v) is 9.79. The lowest BCUT2D eigenvalue weighted by Crippen LogP contribution is -2.12. The van der Waals surface area contributed by atoms with Crippen molar-refractivity contribution in [2.45, 2.75) is 20.3 Å². The molecule has 1 aromatic heterocycles. The highest BCUT2D eigenvalue weighted by Gasteiger charge is 2.17. The minimum absolute atomic E-state index is 0.0806. The Morgan fingerprint density at radius 2 is 2.00 bits per heavy atom. The zero-order chi connectivity index (χ0) is 12.0. The zero-order valence-electron chi connectivity index (χ0n) is 9.79. The van der Waals surface area contributed by atoms with E-state index in [0.29, 0.717) is 16.9 Å². The Bertz CT molecular complexity index is 658. The summed E-state index contributed by atoms with van der Waals surface area (Å²) in [5.41, 5.74) is 2.63. The van der Waals surface area contributed by atoms with Crippen molar-refractivity contribution in [3.63, 3.8) is 0 Å². The standard InChI is InChI=1S/C13H13NO3/c1-3-8-7(2)14-10-5-12-11(16-6-17-12)4-9(10)13(8)15/h4-5H,3,6H2,1-2H3,(H,14,15). The lowest BCUT2D eigenvalue weighted by atomic mass is 10.1. The molecule has 17 heavy (non-hydrogen) atoms. The molecule has 1 N–H and O–H groups in total. The van der Waals surface area contributed by atoms with E-state index in [1.165, 1.54) is 0 Å². The fraction of sp³-hybridized carbons (Fsp3) is 0.308. The second-order valence-electron chi connectivity index (χ2n) is 4.16. The van der Waals surface area contributed by atoms with E-state index < -0.39 is 0 Å². The minimum atomic E-state index is 0.0806. The van der Waals surface area contributed by atoms with Crippen LogP contribution >= 0.6 is 0 Å². The van der Waals surface area contributed by atoms with E-state index in [9.17, 15) is 4.79 Å². The number of hydrogen-bond donors (Lipinski definition) is 1. The number of pyridine rings is 1. The third-order valence-corrected chi connectivity index (χ3v) is 3.16. The molecule has 0 spiro atoms.